The lowest BCUT2D eigenvalue weighted by atomic mass is 9.88. The maximum Gasteiger partial charge on any atom is 0.255 e. The first-order valence-corrected chi connectivity index (χ1v) is 7.06. The molecule has 2 aromatic rings. The molecular weight excluding hydrogens is 248 g/mol. The highest BCUT2D eigenvalue weighted by molar-refractivity contribution is 6.08. The van der Waals surface area contributed by atoms with E-state index in [1.54, 1.807) is 0 Å². The molecule has 4 rings (SSSR count). The number of anilines is 2. The molecule has 0 saturated carbocycles. The number of hydrogen-bond acceptors (Lipinski definition) is 2. The molecule has 0 bridgehead atoms. The Bertz CT molecular complexity index is 668. The van der Waals surface area contributed by atoms with E-state index in [0.717, 1.165) is 36.3 Å². The number of benzene rings is 2. The van der Waals surface area contributed by atoms with E-state index in [9.17, 15) is 4.79 Å². The first-order chi connectivity index (χ1) is 9.82. The fourth-order valence-electron chi connectivity index (χ4n) is 3.59. The first-order valence-electron chi connectivity index (χ1n) is 7.06. The summed E-state index contributed by atoms with van der Waals surface area (Å²) in [5, 5.41) is 3.05. The molecule has 1 fully saturated rings. The molecule has 3 heteroatoms. The van der Waals surface area contributed by atoms with Gasteiger partial charge in [-0.1, -0.05) is 36.4 Å². The average molecular weight is 264 g/mol. The molecule has 2 aromatic carbocycles. The summed E-state index contributed by atoms with van der Waals surface area (Å²) in [7, 11) is 0. The van der Waals surface area contributed by atoms with E-state index in [1.165, 1.54) is 0 Å². The molecule has 20 heavy (non-hydrogen) atoms. The molecule has 2 aliphatic rings. The summed E-state index contributed by atoms with van der Waals surface area (Å²) in [6.45, 7) is 0.922. The zero-order valence-corrected chi connectivity index (χ0v) is 11.2. The Morgan fingerprint density at radius 3 is 2.60 bits per heavy atom. The van der Waals surface area contributed by atoms with E-state index < -0.39 is 5.54 Å². The van der Waals surface area contributed by atoms with Gasteiger partial charge < -0.3 is 10.2 Å². The largest absolute Gasteiger partial charge is 0.353 e. The van der Waals surface area contributed by atoms with Crippen LogP contribution in [0, 0.1) is 0 Å². The van der Waals surface area contributed by atoms with E-state index in [0.29, 0.717) is 0 Å². The number of carbonyl (C=O) groups excluding carboxylic acids is 1. The molecule has 1 atom stereocenters. The van der Waals surface area contributed by atoms with Gasteiger partial charge in [-0.3, -0.25) is 4.79 Å². The second kappa shape index (κ2) is 4.10. The summed E-state index contributed by atoms with van der Waals surface area (Å²) >= 11 is 0. The van der Waals surface area contributed by atoms with Gasteiger partial charge in [0, 0.05) is 23.5 Å². The van der Waals surface area contributed by atoms with Crippen molar-refractivity contribution >= 4 is 17.3 Å². The molecule has 0 aromatic heterocycles. The van der Waals surface area contributed by atoms with Crippen LogP contribution in [0.3, 0.4) is 0 Å². The quantitative estimate of drug-likeness (QED) is 0.858. The van der Waals surface area contributed by atoms with Crippen LogP contribution in [0.2, 0.25) is 0 Å². The van der Waals surface area contributed by atoms with Gasteiger partial charge in [-0.25, -0.2) is 0 Å². The monoisotopic (exact) mass is 264 g/mol. The number of hydrogen-bond donors (Lipinski definition) is 1. The second-order valence-corrected chi connectivity index (χ2v) is 5.45. The van der Waals surface area contributed by atoms with Crippen LogP contribution in [0.25, 0.3) is 0 Å². The van der Waals surface area contributed by atoms with E-state index in [1.807, 2.05) is 36.4 Å². The van der Waals surface area contributed by atoms with Crippen molar-refractivity contribution < 1.29 is 4.79 Å². The van der Waals surface area contributed by atoms with Gasteiger partial charge in [0.1, 0.15) is 5.54 Å². The molecule has 100 valence electrons. The number of nitrogens with zero attached hydrogens (tertiary/aromatic N) is 1. The van der Waals surface area contributed by atoms with Crippen LogP contribution in [-0.4, -0.2) is 12.5 Å². The molecule has 1 unspecified atom stereocenters. The van der Waals surface area contributed by atoms with Crippen LogP contribution in [0.1, 0.15) is 18.4 Å². The van der Waals surface area contributed by atoms with Crippen molar-refractivity contribution in [3.63, 3.8) is 0 Å². The summed E-state index contributed by atoms with van der Waals surface area (Å²) in [6.07, 6.45) is 1.92. The highest BCUT2D eigenvalue weighted by Crippen LogP contribution is 2.48. The van der Waals surface area contributed by atoms with Crippen LogP contribution in [-0.2, 0) is 10.3 Å². The minimum atomic E-state index is -0.516. The molecule has 1 N–H and O–H groups in total. The summed E-state index contributed by atoms with van der Waals surface area (Å²) in [5.74, 6) is 0.111. The fourth-order valence-corrected chi connectivity index (χ4v) is 3.59. The minimum absolute atomic E-state index is 0.111. The molecular formula is C17H16N2O. The third-order valence-electron chi connectivity index (χ3n) is 4.45. The van der Waals surface area contributed by atoms with Crippen molar-refractivity contribution in [1.29, 1.82) is 0 Å². The SMILES string of the molecule is O=C1Nc2ccccc2C12CCCN2c1ccccc1. The lowest BCUT2D eigenvalue weighted by Crippen LogP contribution is -2.46. The summed E-state index contributed by atoms with van der Waals surface area (Å²) in [6, 6.07) is 18.3. The summed E-state index contributed by atoms with van der Waals surface area (Å²) < 4.78 is 0. The second-order valence-electron chi connectivity index (χ2n) is 5.45. The predicted octanol–water partition coefficient (Wildman–Crippen LogP) is 3.13. The molecule has 0 aliphatic carbocycles. The van der Waals surface area contributed by atoms with E-state index >= 15 is 0 Å². The highest BCUT2D eigenvalue weighted by Gasteiger charge is 2.53. The topological polar surface area (TPSA) is 32.3 Å². The molecule has 1 spiro atoms. The molecule has 3 nitrogen and oxygen atoms in total. The number of carbonyl (C=O) groups is 1. The maximum absolute atomic E-state index is 12.7. The van der Waals surface area contributed by atoms with Crippen LogP contribution in [0.5, 0.6) is 0 Å². The number of fused-ring (bicyclic) bond motifs is 2. The zero-order valence-electron chi connectivity index (χ0n) is 11.2. The van der Waals surface area contributed by atoms with Gasteiger partial charge in [-0.05, 0) is 31.0 Å². The van der Waals surface area contributed by atoms with Crippen molar-refractivity contribution in [2.75, 3.05) is 16.8 Å². The lowest BCUT2D eigenvalue weighted by molar-refractivity contribution is -0.120. The van der Waals surface area contributed by atoms with E-state index in [-0.39, 0.29) is 5.91 Å². The number of para-hydroxylation sites is 2. The first kappa shape index (κ1) is 11.5. The van der Waals surface area contributed by atoms with Crippen LogP contribution >= 0.6 is 0 Å². The molecule has 1 saturated heterocycles. The smallest absolute Gasteiger partial charge is 0.255 e. The van der Waals surface area contributed by atoms with Crippen LogP contribution in [0.4, 0.5) is 11.4 Å². The van der Waals surface area contributed by atoms with Gasteiger partial charge in [0.25, 0.3) is 5.91 Å². The normalized spacial score (nSPS) is 24.0. The highest BCUT2D eigenvalue weighted by atomic mass is 16.2. The van der Waals surface area contributed by atoms with E-state index in [4.69, 9.17) is 0 Å². The zero-order chi connectivity index (χ0) is 13.6. The average Bonchev–Trinajstić information content (AvgIpc) is 3.05. The standard InChI is InChI=1S/C17H16N2O/c20-16-17(14-9-4-5-10-15(14)18-16)11-6-12-19(17)13-7-2-1-3-8-13/h1-5,7-10H,6,11-12H2,(H,18,20). The Kier molecular flexibility index (Phi) is 2.36. The molecule has 2 heterocycles. The van der Waals surface area contributed by atoms with E-state index in [2.05, 4.69) is 28.4 Å². The Labute approximate surface area is 118 Å². The van der Waals surface area contributed by atoms with Crippen LogP contribution in [0.15, 0.2) is 54.6 Å². The predicted molar refractivity (Wildman–Crippen MR) is 79.8 cm³/mol. The summed E-state index contributed by atoms with van der Waals surface area (Å²) in [5.41, 5.74) is 2.68. The molecule has 1 amide bonds. The van der Waals surface area contributed by atoms with Crippen molar-refractivity contribution in [1.82, 2.24) is 0 Å². The van der Waals surface area contributed by atoms with Crippen molar-refractivity contribution in [3.05, 3.63) is 60.2 Å². The Morgan fingerprint density at radius 2 is 1.75 bits per heavy atom. The molecule has 0 radical (unpaired) electrons. The van der Waals surface area contributed by atoms with Crippen molar-refractivity contribution in [2.24, 2.45) is 0 Å². The Morgan fingerprint density at radius 1 is 1.00 bits per heavy atom. The van der Waals surface area contributed by atoms with Crippen LogP contribution < -0.4 is 10.2 Å². The van der Waals surface area contributed by atoms with Gasteiger partial charge in [-0.15, -0.1) is 0 Å². The maximum atomic E-state index is 12.7. The van der Waals surface area contributed by atoms with Gasteiger partial charge in [-0.2, -0.15) is 0 Å². The van der Waals surface area contributed by atoms with Crippen molar-refractivity contribution in [2.45, 2.75) is 18.4 Å². The fraction of sp³-hybridized carbons (Fsp3) is 0.235. The molecule has 2 aliphatic heterocycles. The summed E-state index contributed by atoms with van der Waals surface area (Å²) in [4.78, 5) is 14.9. The van der Waals surface area contributed by atoms with Crippen molar-refractivity contribution in [3.8, 4) is 0 Å². The lowest BCUT2D eigenvalue weighted by Gasteiger charge is -2.35. The third-order valence-corrected chi connectivity index (χ3v) is 4.45. The third kappa shape index (κ3) is 1.38. The van der Waals surface area contributed by atoms with Gasteiger partial charge in [0.15, 0.2) is 0 Å². The van der Waals surface area contributed by atoms with Gasteiger partial charge in [0.2, 0.25) is 0 Å². The minimum Gasteiger partial charge on any atom is -0.353 e. The Balaban J connectivity index is 1.89. The number of nitrogens with one attached hydrogen (secondary N) is 1. The number of amides is 1. The van der Waals surface area contributed by atoms with Gasteiger partial charge >= 0.3 is 0 Å². The number of rotatable bonds is 1. The Hall–Kier alpha value is -2.29. The van der Waals surface area contributed by atoms with Gasteiger partial charge in [0.05, 0.1) is 0 Å².